The molecule has 1 rings (SSSR count). The fourth-order valence-corrected chi connectivity index (χ4v) is 1.74. The largest absolute Gasteiger partial charge is 1.00 e. The molecule has 1 aromatic heterocycles. The van der Waals surface area contributed by atoms with E-state index in [1.807, 2.05) is 4.90 Å². The normalized spacial score (nSPS) is 11.3. The van der Waals surface area contributed by atoms with Gasteiger partial charge in [0.2, 0.25) is 0 Å². The third-order valence-corrected chi connectivity index (χ3v) is 2.66. The summed E-state index contributed by atoms with van der Waals surface area (Å²) in [4.78, 5) is 16.3. The number of nitrogen functional groups attached to an aromatic ring is 1. The zero-order valence-electron chi connectivity index (χ0n) is 13.2. The SMILES string of the molecule is CN(C)CCCc1nc(C(=O)O)c(N)cc1C(F)(F)F.[H-].[Na+]. The van der Waals surface area contributed by atoms with Gasteiger partial charge in [0.1, 0.15) is 0 Å². The molecule has 0 saturated carbocycles. The Labute approximate surface area is 144 Å². The van der Waals surface area contributed by atoms with Gasteiger partial charge in [-0.2, -0.15) is 13.2 Å². The average Bonchev–Trinajstić information content (AvgIpc) is 2.28. The second kappa shape index (κ2) is 7.98. The van der Waals surface area contributed by atoms with E-state index in [1.54, 1.807) is 14.1 Å². The predicted octanol–water partition coefficient (Wildman–Crippen LogP) is -1.01. The minimum atomic E-state index is -4.61. The molecule has 5 nitrogen and oxygen atoms in total. The quantitative estimate of drug-likeness (QED) is 0.681. The number of anilines is 1. The summed E-state index contributed by atoms with van der Waals surface area (Å²) in [5.74, 6) is -1.44. The maximum atomic E-state index is 12.9. The summed E-state index contributed by atoms with van der Waals surface area (Å²) in [5.41, 5.74) is 3.02. The van der Waals surface area contributed by atoms with Crippen molar-refractivity contribution in [3.8, 4) is 0 Å². The molecule has 0 unspecified atom stereocenters. The van der Waals surface area contributed by atoms with Crippen molar-refractivity contribution in [3.63, 3.8) is 0 Å². The van der Waals surface area contributed by atoms with Gasteiger partial charge in [-0.05, 0) is 39.5 Å². The van der Waals surface area contributed by atoms with Crippen molar-refractivity contribution in [1.29, 1.82) is 0 Å². The van der Waals surface area contributed by atoms with Crippen molar-refractivity contribution < 1.29 is 54.1 Å². The van der Waals surface area contributed by atoms with Crippen LogP contribution in [-0.4, -0.2) is 41.6 Å². The molecular weight excluding hydrogens is 298 g/mol. The van der Waals surface area contributed by atoms with Crippen molar-refractivity contribution in [2.24, 2.45) is 0 Å². The molecule has 0 amide bonds. The van der Waals surface area contributed by atoms with Gasteiger partial charge in [0.05, 0.1) is 16.9 Å². The van der Waals surface area contributed by atoms with E-state index in [-0.39, 0.29) is 43.1 Å². The fraction of sp³-hybridized carbons (Fsp3) is 0.500. The molecule has 0 saturated heterocycles. The van der Waals surface area contributed by atoms with Crippen molar-refractivity contribution >= 4 is 11.7 Å². The number of carbonyl (C=O) groups is 1. The van der Waals surface area contributed by atoms with E-state index in [0.717, 1.165) is 0 Å². The summed E-state index contributed by atoms with van der Waals surface area (Å²) in [6.45, 7) is 0.575. The van der Waals surface area contributed by atoms with Crippen LogP contribution in [0.25, 0.3) is 0 Å². The molecule has 0 aliphatic heterocycles. The zero-order valence-corrected chi connectivity index (χ0v) is 14.2. The molecule has 0 bridgehead atoms. The van der Waals surface area contributed by atoms with Crippen LogP contribution in [0.3, 0.4) is 0 Å². The van der Waals surface area contributed by atoms with E-state index in [4.69, 9.17) is 10.8 Å². The molecule has 0 aliphatic rings. The first kappa shape index (κ1) is 20.2. The third kappa shape index (κ3) is 5.82. The van der Waals surface area contributed by atoms with Crippen LogP contribution in [0, 0.1) is 0 Å². The molecule has 114 valence electrons. The fourth-order valence-electron chi connectivity index (χ4n) is 1.74. The Morgan fingerprint density at radius 1 is 1.48 bits per heavy atom. The Bertz CT molecular complexity index is 513. The summed E-state index contributed by atoms with van der Waals surface area (Å²) in [6.07, 6.45) is -4.13. The second-order valence-corrected chi connectivity index (χ2v) is 4.63. The number of pyridine rings is 1. The molecule has 1 heterocycles. The van der Waals surface area contributed by atoms with Gasteiger partial charge in [-0.1, -0.05) is 0 Å². The van der Waals surface area contributed by atoms with Gasteiger partial charge in [0.15, 0.2) is 5.69 Å². The van der Waals surface area contributed by atoms with Crippen molar-refractivity contribution in [3.05, 3.63) is 23.0 Å². The topological polar surface area (TPSA) is 79.5 Å². The number of nitrogens with zero attached hydrogens (tertiary/aromatic N) is 2. The second-order valence-electron chi connectivity index (χ2n) is 4.63. The third-order valence-electron chi connectivity index (χ3n) is 2.66. The van der Waals surface area contributed by atoms with Gasteiger partial charge in [-0.3, -0.25) is 0 Å². The molecule has 3 N–H and O–H groups in total. The maximum absolute atomic E-state index is 12.9. The Hall–Kier alpha value is -0.830. The van der Waals surface area contributed by atoms with E-state index in [2.05, 4.69) is 4.98 Å². The Kier molecular flexibility index (Phi) is 7.66. The number of aryl methyl sites for hydroxylation is 1. The number of aromatic nitrogens is 1. The van der Waals surface area contributed by atoms with Gasteiger partial charge in [0, 0.05) is 0 Å². The summed E-state index contributed by atoms with van der Waals surface area (Å²) >= 11 is 0. The van der Waals surface area contributed by atoms with Crippen molar-refractivity contribution in [1.82, 2.24) is 9.88 Å². The van der Waals surface area contributed by atoms with Crippen LogP contribution in [0.5, 0.6) is 0 Å². The Morgan fingerprint density at radius 3 is 2.48 bits per heavy atom. The van der Waals surface area contributed by atoms with E-state index >= 15 is 0 Å². The molecule has 0 fully saturated rings. The van der Waals surface area contributed by atoms with E-state index in [9.17, 15) is 18.0 Å². The van der Waals surface area contributed by atoms with E-state index in [0.29, 0.717) is 19.0 Å². The van der Waals surface area contributed by atoms with Crippen LogP contribution in [-0.2, 0) is 12.6 Å². The van der Waals surface area contributed by atoms with Gasteiger partial charge < -0.3 is 17.2 Å². The molecule has 9 heteroatoms. The first-order valence-electron chi connectivity index (χ1n) is 5.87. The molecule has 0 aliphatic carbocycles. The maximum Gasteiger partial charge on any atom is 1.00 e. The number of aromatic carboxylic acids is 1. The molecule has 0 spiro atoms. The van der Waals surface area contributed by atoms with Crippen molar-refractivity contribution in [2.75, 3.05) is 26.4 Å². The Morgan fingerprint density at radius 2 is 2.05 bits per heavy atom. The molecule has 1 aromatic rings. The van der Waals surface area contributed by atoms with Crippen LogP contribution in [0.2, 0.25) is 0 Å². The first-order chi connectivity index (χ1) is 9.12. The summed E-state index contributed by atoms with van der Waals surface area (Å²) in [5, 5.41) is 8.87. The number of carboxylic acids is 1. The molecule has 21 heavy (non-hydrogen) atoms. The van der Waals surface area contributed by atoms with Gasteiger partial charge in [0.25, 0.3) is 0 Å². The van der Waals surface area contributed by atoms with Crippen LogP contribution in [0.1, 0.15) is 29.6 Å². The van der Waals surface area contributed by atoms with Gasteiger partial charge >= 0.3 is 41.7 Å². The summed E-state index contributed by atoms with van der Waals surface area (Å²) in [7, 11) is 3.59. The van der Waals surface area contributed by atoms with E-state index in [1.165, 1.54) is 0 Å². The average molecular weight is 315 g/mol. The number of alkyl halides is 3. The minimum Gasteiger partial charge on any atom is -1.00 e. The molecular formula is C12H17F3N3NaO2. The first-order valence-corrected chi connectivity index (χ1v) is 5.87. The summed E-state index contributed by atoms with van der Waals surface area (Å²) < 4.78 is 38.7. The van der Waals surface area contributed by atoms with Crippen LogP contribution < -0.4 is 35.3 Å². The van der Waals surface area contributed by atoms with E-state index < -0.39 is 29.1 Å². The van der Waals surface area contributed by atoms with Crippen molar-refractivity contribution in [2.45, 2.75) is 19.0 Å². The number of nitrogens with two attached hydrogens (primary N) is 1. The predicted molar refractivity (Wildman–Crippen MR) is 68.6 cm³/mol. The molecule has 0 radical (unpaired) electrons. The number of carboxylic acid groups (broad SMARTS) is 1. The number of rotatable bonds is 5. The summed E-state index contributed by atoms with van der Waals surface area (Å²) in [6, 6.07) is 0.640. The number of hydrogen-bond donors (Lipinski definition) is 2. The number of halogens is 3. The Balaban J connectivity index is 0. The van der Waals surface area contributed by atoms with Crippen LogP contribution in [0.4, 0.5) is 18.9 Å². The monoisotopic (exact) mass is 315 g/mol. The van der Waals surface area contributed by atoms with Gasteiger partial charge in [-0.25, -0.2) is 9.78 Å². The number of hydrogen-bond acceptors (Lipinski definition) is 4. The molecule has 0 aromatic carbocycles. The van der Waals surface area contributed by atoms with Gasteiger partial charge in [-0.15, -0.1) is 0 Å². The van der Waals surface area contributed by atoms with Crippen LogP contribution in [0.15, 0.2) is 6.07 Å². The molecule has 0 atom stereocenters. The van der Waals surface area contributed by atoms with Crippen LogP contribution >= 0.6 is 0 Å². The smallest absolute Gasteiger partial charge is 1.00 e. The standard InChI is InChI=1S/C12H16F3N3O2.Na.H/c1-18(2)5-3-4-9-7(12(13,14)15)6-8(16)10(17-9)11(19)20;;/h6H,3-5,16H2,1-2H3,(H,19,20);;/q;+1;-1. The minimum absolute atomic E-state index is 0. The zero-order chi connectivity index (χ0) is 15.5.